The molecule has 0 unspecified atom stereocenters. The topological polar surface area (TPSA) is 80.4 Å². The lowest BCUT2D eigenvalue weighted by molar-refractivity contribution is 0.265. The molecule has 1 aromatic carbocycles. The van der Waals surface area contributed by atoms with Crippen LogP contribution >= 0.6 is 11.3 Å². The second-order valence-electron chi connectivity index (χ2n) is 5.21. The maximum atomic E-state index is 13.0. The Morgan fingerprint density at radius 1 is 1.30 bits per heavy atom. The van der Waals surface area contributed by atoms with Crippen molar-refractivity contribution in [2.24, 2.45) is 0 Å². The number of aliphatic hydroxyl groups excluding tert-OH is 2. The van der Waals surface area contributed by atoms with Crippen molar-refractivity contribution >= 4 is 22.7 Å². The van der Waals surface area contributed by atoms with E-state index in [1.165, 1.54) is 23.5 Å². The van der Waals surface area contributed by atoms with Gasteiger partial charge in [0, 0.05) is 24.1 Å². The van der Waals surface area contributed by atoms with Crippen LogP contribution in [-0.2, 0) is 0 Å². The molecule has 0 aliphatic carbocycles. The fourth-order valence-corrected chi connectivity index (χ4v) is 3.35. The highest BCUT2D eigenvalue weighted by atomic mass is 32.1. The van der Waals surface area contributed by atoms with Crippen LogP contribution in [0.4, 0.5) is 4.39 Å². The summed E-state index contributed by atoms with van der Waals surface area (Å²) in [5.74, 6) is 0.0329. The van der Waals surface area contributed by atoms with Crippen LogP contribution in [0.5, 0.6) is 0 Å². The van der Waals surface area contributed by atoms with E-state index < -0.39 is 0 Å². The molecule has 5 nitrogen and oxygen atoms in total. The molecule has 2 aromatic rings. The van der Waals surface area contributed by atoms with Crippen LogP contribution < -0.4 is 0 Å². The third kappa shape index (κ3) is 3.11. The maximum absolute atomic E-state index is 13.0. The molecule has 7 heteroatoms. The molecular weight excluding hydrogens is 317 g/mol. The van der Waals surface area contributed by atoms with E-state index in [1.807, 2.05) is 5.38 Å². The monoisotopic (exact) mass is 333 g/mol. The normalized spacial score (nSPS) is 14.9. The lowest BCUT2D eigenvalue weighted by atomic mass is 10.2. The fraction of sp³-hybridized carbons (Fsp3) is 0.250. The lowest BCUT2D eigenvalue weighted by Crippen LogP contribution is -2.28. The maximum Gasteiger partial charge on any atom is 0.135 e. The molecule has 3 N–H and O–H groups in total. The van der Waals surface area contributed by atoms with E-state index in [2.05, 4.69) is 4.98 Å². The largest absolute Gasteiger partial charge is 0.510 e. The van der Waals surface area contributed by atoms with Gasteiger partial charge in [-0.05, 0) is 30.7 Å². The zero-order chi connectivity index (χ0) is 16.4. The van der Waals surface area contributed by atoms with Gasteiger partial charge in [0.2, 0.25) is 0 Å². The van der Waals surface area contributed by atoms with Crippen LogP contribution in [-0.4, -0.2) is 45.6 Å². The molecule has 2 heterocycles. The molecule has 120 valence electrons. The summed E-state index contributed by atoms with van der Waals surface area (Å²) < 4.78 is 13.0. The number of hydrogen-bond acceptors (Lipinski definition) is 5. The lowest BCUT2D eigenvalue weighted by Gasteiger charge is -2.17. The summed E-state index contributed by atoms with van der Waals surface area (Å²) in [7, 11) is 0. The van der Waals surface area contributed by atoms with Crippen molar-refractivity contribution in [1.29, 1.82) is 5.41 Å². The molecule has 0 radical (unpaired) electrons. The number of aromatic nitrogens is 1. The number of halogens is 1. The number of aliphatic hydroxyl groups is 2. The first-order valence-electron chi connectivity index (χ1n) is 7.19. The number of nitrogens with one attached hydrogen (secondary N) is 1. The minimum atomic E-state index is -0.304. The van der Waals surface area contributed by atoms with Crippen LogP contribution in [0.3, 0.4) is 0 Å². The van der Waals surface area contributed by atoms with Crippen molar-refractivity contribution in [2.75, 3.05) is 19.7 Å². The number of benzene rings is 1. The second kappa shape index (κ2) is 6.47. The first kappa shape index (κ1) is 15.6. The summed E-state index contributed by atoms with van der Waals surface area (Å²) in [4.78, 5) is 6.18. The van der Waals surface area contributed by atoms with Gasteiger partial charge in [0.25, 0.3) is 0 Å². The second-order valence-corrected chi connectivity index (χ2v) is 6.07. The standard InChI is InChI=1S/C16H16FN3O2S/c17-11-4-2-10(3-5-11)12-9-23-16(19-12)14-13(22)8-20(15(14)18)6-1-7-21/h2-5,9,18,21-22H,1,6-8H2. The van der Waals surface area contributed by atoms with Crippen LogP contribution in [0.1, 0.15) is 11.4 Å². The highest BCUT2D eigenvalue weighted by Gasteiger charge is 2.29. The van der Waals surface area contributed by atoms with E-state index in [1.54, 1.807) is 17.0 Å². The fourth-order valence-electron chi connectivity index (χ4n) is 2.45. The van der Waals surface area contributed by atoms with Gasteiger partial charge in [0.1, 0.15) is 22.4 Å². The summed E-state index contributed by atoms with van der Waals surface area (Å²) >= 11 is 1.34. The third-order valence-corrected chi connectivity index (χ3v) is 4.49. The predicted molar refractivity (Wildman–Crippen MR) is 88.1 cm³/mol. The number of amidine groups is 1. The smallest absolute Gasteiger partial charge is 0.135 e. The van der Waals surface area contributed by atoms with Crippen LogP contribution in [0.15, 0.2) is 35.4 Å². The summed E-state index contributed by atoms with van der Waals surface area (Å²) in [6.07, 6.45) is 0.543. The molecule has 23 heavy (non-hydrogen) atoms. The molecule has 0 saturated heterocycles. The van der Waals surface area contributed by atoms with E-state index in [-0.39, 0.29) is 30.6 Å². The van der Waals surface area contributed by atoms with Gasteiger partial charge >= 0.3 is 0 Å². The van der Waals surface area contributed by atoms with Gasteiger partial charge in [-0.15, -0.1) is 11.3 Å². The zero-order valence-electron chi connectivity index (χ0n) is 12.3. The molecule has 0 amide bonds. The number of hydrogen-bond donors (Lipinski definition) is 3. The molecule has 0 spiro atoms. The van der Waals surface area contributed by atoms with Crippen LogP contribution in [0.2, 0.25) is 0 Å². The molecule has 0 bridgehead atoms. The quantitative estimate of drug-likeness (QED) is 0.786. The summed E-state index contributed by atoms with van der Waals surface area (Å²) in [5.41, 5.74) is 1.91. The predicted octanol–water partition coefficient (Wildman–Crippen LogP) is 2.89. The molecule has 1 aliphatic heterocycles. The first-order chi connectivity index (χ1) is 11.1. The van der Waals surface area contributed by atoms with Gasteiger partial charge in [-0.3, -0.25) is 5.41 Å². The Morgan fingerprint density at radius 3 is 2.74 bits per heavy atom. The van der Waals surface area contributed by atoms with Gasteiger partial charge in [-0.2, -0.15) is 0 Å². The van der Waals surface area contributed by atoms with Crippen molar-refractivity contribution in [2.45, 2.75) is 6.42 Å². The van der Waals surface area contributed by atoms with E-state index in [9.17, 15) is 9.50 Å². The van der Waals surface area contributed by atoms with Gasteiger partial charge in [0.15, 0.2) is 0 Å². The first-order valence-corrected chi connectivity index (χ1v) is 8.07. The van der Waals surface area contributed by atoms with Crippen molar-refractivity contribution in [3.63, 3.8) is 0 Å². The Morgan fingerprint density at radius 2 is 2.04 bits per heavy atom. The van der Waals surface area contributed by atoms with E-state index in [4.69, 9.17) is 10.5 Å². The molecule has 0 atom stereocenters. The number of rotatable bonds is 5. The Kier molecular flexibility index (Phi) is 4.40. The summed E-state index contributed by atoms with van der Waals surface area (Å²) in [6, 6.07) is 6.05. The Hall–Kier alpha value is -2.25. The summed E-state index contributed by atoms with van der Waals surface area (Å²) in [5, 5.41) is 29.6. The average Bonchev–Trinajstić information content (AvgIpc) is 3.11. The van der Waals surface area contributed by atoms with E-state index >= 15 is 0 Å². The molecular formula is C16H16FN3O2S. The van der Waals surface area contributed by atoms with Gasteiger partial charge in [-0.1, -0.05) is 0 Å². The SMILES string of the molecule is N=C1C(c2nc(-c3ccc(F)cc3)cs2)=C(O)CN1CCCO. The highest BCUT2D eigenvalue weighted by Crippen LogP contribution is 2.32. The third-order valence-electron chi connectivity index (χ3n) is 3.63. The molecule has 0 fully saturated rings. The van der Waals surface area contributed by atoms with E-state index in [0.717, 1.165) is 5.56 Å². The number of thiazole rings is 1. The van der Waals surface area contributed by atoms with Gasteiger partial charge in [0.05, 0.1) is 17.8 Å². The minimum absolute atomic E-state index is 0.0475. The Bertz CT molecular complexity index is 755. The molecule has 3 rings (SSSR count). The molecule has 1 aliphatic rings. The van der Waals surface area contributed by atoms with Crippen molar-refractivity contribution in [1.82, 2.24) is 9.88 Å². The molecule has 1 aromatic heterocycles. The number of nitrogens with zero attached hydrogens (tertiary/aromatic N) is 2. The Balaban J connectivity index is 1.84. The highest BCUT2D eigenvalue weighted by molar-refractivity contribution is 7.11. The van der Waals surface area contributed by atoms with Gasteiger partial charge in [-0.25, -0.2) is 9.37 Å². The van der Waals surface area contributed by atoms with Crippen molar-refractivity contribution < 1.29 is 14.6 Å². The van der Waals surface area contributed by atoms with Crippen LogP contribution in [0, 0.1) is 11.2 Å². The Labute approximate surface area is 136 Å². The minimum Gasteiger partial charge on any atom is -0.510 e. The van der Waals surface area contributed by atoms with Crippen molar-refractivity contribution in [3.05, 3.63) is 46.2 Å². The van der Waals surface area contributed by atoms with Gasteiger partial charge < -0.3 is 15.1 Å². The summed E-state index contributed by atoms with van der Waals surface area (Å²) in [6.45, 7) is 0.824. The van der Waals surface area contributed by atoms with E-state index in [0.29, 0.717) is 29.2 Å². The zero-order valence-corrected chi connectivity index (χ0v) is 13.1. The molecule has 0 saturated carbocycles. The average molecular weight is 333 g/mol. The van der Waals surface area contributed by atoms with Crippen molar-refractivity contribution in [3.8, 4) is 11.3 Å². The van der Waals surface area contributed by atoms with Crippen LogP contribution in [0.25, 0.3) is 16.8 Å².